The van der Waals surface area contributed by atoms with E-state index in [9.17, 15) is 32.3 Å². The number of rotatable bonds is 8. The van der Waals surface area contributed by atoms with Crippen LogP contribution in [0.4, 0.5) is 19.0 Å². The smallest absolute Gasteiger partial charge is 0.377 e. The molecule has 38 heavy (non-hydrogen) atoms. The molecular formula is C22H20F3N7O5S. The SMILES string of the molecule is COCC(=O)Cn1c(=O)c2c(ncn2CC(=O)Nc2csc(-c3cnc(C)c(C(F)(F)F)c3)n2)n(C)c1=O. The van der Waals surface area contributed by atoms with E-state index >= 15 is 0 Å². The first-order valence-corrected chi connectivity index (χ1v) is 11.7. The Balaban J connectivity index is 1.57. The molecule has 0 spiro atoms. The Kier molecular flexibility index (Phi) is 7.28. The van der Waals surface area contributed by atoms with Crippen molar-refractivity contribution in [3.05, 3.63) is 56.1 Å². The van der Waals surface area contributed by atoms with Crippen LogP contribution in [0.15, 0.2) is 33.6 Å². The van der Waals surface area contributed by atoms with E-state index in [2.05, 4.69) is 20.3 Å². The van der Waals surface area contributed by atoms with Crippen LogP contribution in [0.3, 0.4) is 0 Å². The molecule has 0 bridgehead atoms. The molecule has 0 aliphatic carbocycles. The van der Waals surface area contributed by atoms with Crippen LogP contribution in [-0.4, -0.2) is 54.1 Å². The number of halogens is 3. The van der Waals surface area contributed by atoms with Crippen LogP contribution in [0.25, 0.3) is 21.7 Å². The van der Waals surface area contributed by atoms with E-state index < -0.39 is 47.8 Å². The summed E-state index contributed by atoms with van der Waals surface area (Å²) in [5, 5.41) is 4.18. The molecule has 4 heterocycles. The zero-order valence-electron chi connectivity index (χ0n) is 20.2. The number of hydrogen-bond donors (Lipinski definition) is 1. The second-order valence-corrected chi connectivity index (χ2v) is 9.05. The van der Waals surface area contributed by atoms with Gasteiger partial charge in [0.2, 0.25) is 5.91 Å². The molecule has 0 radical (unpaired) electrons. The number of anilines is 1. The first-order chi connectivity index (χ1) is 17.9. The Morgan fingerprint density at radius 1 is 1.18 bits per heavy atom. The van der Waals surface area contributed by atoms with Gasteiger partial charge in [-0.15, -0.1) is 11.3 Å². The van der Waals surface area contributed by atoms with E-state index in [0.717, 1.165) is 26.5 Å². The Morgan fingerprint density at radius 2 is 1.92 bits per heavy atom. The molecule has 0 aliphatic rings. The summed E-state index contributed by atoms with van der Waals surface area (Å²) < 4.78 is 47.5. The quantitative estimate of drug-likeness (QED) is 0.348. The van der Waals surface area contributed by atoms with E-state index in [1.807, 2.05) is 0 Å². The molecule has 1 amide bonds. The maximum absolute atomic E-state index is 13.2. The summed E-state index contributed by atoms with van der Waals surface area (Å²) in [4.78, 5) is 62.3. The van der Waals surface area contributed by atoms with Crippen molar-refractivity contribution >= 4 is 40.0 Å². The largest absolute Gasteiger partial charge is 0.418 e. The van der Waals surface area contributed by atoms with Crippen LogP contribution >= 0.6 is 11.3 Å². The second-order valence-electron chi connectivity index (χ2n) is 8.19. The van der Waals surface area contributed by atoms with Gasteiger partial charge in [-0.1, -0.05) is 0 Å². The zero-order valence-corrected chi connectivity index (χ0v) is 21.0. The highest BCUT2D eigenvalue weighted by Gasteiger charge is 2.33. The number of fused-ring (bicyclic) bond motifs is 1. The van der Waals surface area contributed by atoms with Gasteiger partial charge in [-0.25, -0.2) is 14.8 Å². The topological polar surface area (TPSA) is 143 Å². The highest BCUT2D eigenvalue weighted by molar-refractivity contribution is 7.13. The van der Waals surface area contributed by atoms with Gasteiger partial charge in [-0.3, -0.25) is 28.5 Å². The number of thiazole rings is 1. The molecule has 0 fully saturated rings. The second kappa shape index (κ2) is 10.3. The molecule has 4 aromatic heterocycles. The van der Waals surface area contributed by atoms with Crippen molar-refractivity contribution in [2.75, 3.05) is 19.0 Å². The first-order valence-electron chi connectivity index (χ1n) is 10.9. The standard InChI is InChI=1S/C22H20F3N7O5S/c1-11-14(22(23,24)25)4-12(5-26-11)19-29-15(9-38-19)28-16(34)7-31-10-27-18-17(31)20(35)32(21(36)30(18)2)6-13(33)8-37-3/h4-5,9-10H,6-8H2,1-3H3,(H,28,34). The molecular weight excluding hydrogens is 531 g/mol. The van der Waals surface area contributed by atoms with Crippen molar-refractivity contribution in [1.29, 1.82) is 0 Å². The molecule has 0 unspecified atom stereocenters. The number of methoxy groups -OCH3 is 1. The molecule has 0 aromatic carbocycles. The fourth-order valence-electron chi connectivity index (χ4n) is 3.70. The van der Waals surface area contributed by atoms with Gasteiger partial charge in [0, 0.05) is 37.0 Å². The lowest BCUT2D eigenvalue weighted by atomic mass is 10.1. The lowest BCUT2D eigenvalue weighted by Crippen LogP contribution is -2.42. The van der Waals surface area contributed by atoms with Gasteiger partial charge in [-0.05, 0) is 13.0 Å². The van der Waals surface area contributed by atoms with Gasteiger partial charge >= 0.3 is 11.9 Å². The number of nitrogens with one attached hydrogen (secondary N) is 1. The van der Waals surface area contributed by atoms with Crippen molar-refractivity contribution in [2.45, 2.75) is 26.2 Å². The molecule has 4 rings (SSSR count). The molecule has 0 saturated heterocycles. The Labute approximate surface area is 215 Å². The van der Waals surface area contributed by atoms with E-state index in [1.165, 1.54) is 43.6 Å². The number of pyridine rings is 1. The highest BCUT2D eigenvalue weighted by atomic mass is 32.1. The molecule has 16 heteroatoms. The maximum Gasteiger partial charge on any atom is 0.418 e. The van der Waals surface area contributed by atoms with Crippen LogP contribution < -0.4 is 16.6 Å². The van der Waals surface area contributed by atoms with E-state index in [1.54, 1.807) is 0 Å². The number of amides is 1. The fraction of sp³-hybridized carbons (Fsp3) is 0.318. The van der Waals surface area contributed by atoms with Crippen LogP contribution in [0, 0.1) is 6.92 Å². The van der Waals surface area contributed by atoms with Crippen LogP contribution in [-0.2, 0) is 40.6 Å². The minimum Gasteiger partial charge on any atom is -0.377 e. The molecule has 4 aromatic rings. The van der Waals surface area contributed by atoms with Gasteiger partial charge < -0.3 is 14.6 Å². The van der Waals surface area contributed by atoms with Gasteiger partial charge in [0.25, 0.3) is 5.56 Å². The van der Waals surface area contributed by atoms with E-state index in [4.69, 9.17) is 4.74 Å². The summed E-state index contributed by atoms with van der Waals surface area (Å²) in [5.74, 6) is -1.03. The number of ketones is 1. The third kappa shape index (κ3) is 5.26. The number of alkyl halides is 3. The fourth-order valence-corrected chi connectivity index (χ4v) is 4.44. The normalized spacial score (nSPS) is 11.7. The third-order valence-corrected chi connectivity index (χ3v) is 6.36. The minimum absolute atomic E-state index is 0.0199. The van der Waals surface area contributed by atoms with E-state index in [-0.39, 0.29) is 39.9 Å². The average Bonchev–Trinajstić information content (AvgIpc) is 3.47. The number of nitrogens with zero attached hydrogens (tertiary/aromatic N) is 6. The number of aromatic nitrogens is 6. The molecule has 1 N–H and O–H groups in total. The zero-order chi connectivity index (χ0) is 27.8. The predicted octanol–water partition coefficient (Wildman–Crippen LogP) is 1.60. The summed E-state index contributed by atoms with van der Waals surface area (Å²) in [5.41, 5.74) is -2.52. The third-order valence-electron chi connectivity index (χ3n) is 5.47. The van der Waals surface area contributed by atoms with Gasteiger partial charge in [0.15, 0.2) is 16.9 Å². The van der Waals surface area contributed by atoms with Crippen LogP contribution in [0.2, 0.25) is 0 Å². The van der Waals surface area contributed by atoms with Gasteiger partial charge in [0.05, 0.1) is 18.4 Å². The van der Waals surface area contributed by atoms with Crippen molar-refractivity contribution in [3.8, 4) is 10.6 Å². The van der Waals surface area contributed by atoms with Crippen LogP contribution in [0.1, 0.15) is 11.3 Å². The van der Waals surface area contributed by atoms with Gasteiger partial charge in [-0.2, -0.15) is 13.2 Å². The number of carbonyl (C=O) groups is 2. The number of Topliss-reactive ketones (excluding diaryl/α,β-unsaturated/α-hetero) is 1. The Bertz CT molecular complexity index is 1670. The van der Waals surface area contributed by atoms with Gasteiger partial charge in [0.1, 0.15) is 24.0 Å². The van der Waals surface area contributed by atoms with Crippen LogP contribution in [0.5, 0.6) is 0 Å². The summed E-state index contributed by atoms with van der Waals surface area (Å²) >= 11 is 1.01. The average molecular weight is 552 g/mol. The Hall–Kier alpha value is -4.18. The predicted molar refractivity (Wildman–Crippen MR) is 130 cm³/mol. The number of ether oxygens (including phenoxy) is 1. The van der Waals surface area contributed by atoms with Crippen molar-refractivity contribution in [1.82, 2.24) is 28.7 Å². The van der Waals surface area contributed by atoms with E-state index in [0.29, 0.717) is 0 Å². The molecule has 200 valence electrons. The number of hydrogen-bond acceptors (Lipinski definition) is 9. The highest BCUT2D eigenvalue weighted by Crippen LogP contribution is 2.34. The molecule has 0 aliphatic heterocycles. The van der Waals surface area contributed by atoms with Crippen molar-refractivity contribution in [3.63, 3.8) is 0 Å². The summed E-state index contributed by atoms with van der Waals surface area (Å²) in [6.45, 7) is 0.0520. The van der Waals surface area contributed by atoms with Crippen molar-refractivity contribution < 1.29 is 27.5 Å². The first kappa shape index (κ1) is 26.9. The maximum atomic E-state index is 13.2. The number of carbonyl (C=O) groups excluding carboxylic acids is 2. The molecule has 0 atom stereocenters. The summed E-state index contributed by atoms with van der Waals surface area (Å²) in [7, 11) is 2.68. The molecule has 0 saturated carbocycles. The Morgan fingerprint density at radius 3 is 2.61 bits per heavy atom. The van der Waals surface area contributed by atoms with Crippen molar-refractivity contribution in [2.24, 2.45) is 7.05 Å². The summed E-state index contributed by atoms with van der Waals surface area (Å²) in [6.07, 6.45) is -2.11. The minimum atomic E-state index is -4.58. The molecule has 12 nitrogen and oxygen atoms in total. The lowest BCUT2D eigenvalue weighted by Gasteiger charge is -2.10. The number of imidazole rings is 1. The summed E-state index contributed by atoms with van der Waals surface area (Å²) in [6, 6.07) is 0.942. The number of aryl methyl sites for hydroxylation is 2. The lowest BCUT2D eigenvalue weighted by molar-refractivity contribution is -0.138. The monoisotopic (exact) mass is 551 g/mol.